The molecule has 0 aliphatic carbocycles. The minimum absolute atomic E-state index is 0.0582. The third kappa shape index (κ3) is 3.07. The summed E-state index contributed by atoms with van der Waals surface area (Å²) >= 11 is 0. The topological polar surface area (TPSA) is 101 Å². The van der Waals surface area contributed by atoms with Crippen LogP contribution < -0.4 is 4.72 Å². The first-order chi connectivity index (χ1) is 10.7. The summed E-state index contributed by atoms with van der Waals surface area (Å²) in [6.45, 7) is 7.34. The van der Waals surface area contributed by atoms with Gasteiger partial charge in [-0.3, -0.25) is 9.40 Å². The molecule has 0 radical (unpaired) electrons. The van der Waals surface area contributed by atoms with Crippen molar-refractivity contribution in [1.82, 2.24) is 9.78 Å². The van der Waals surface area contributed by atoms with Crippen LogP contribution in [0.1, 0.15) is 34.2 Å². The summed E-state index contributed by atoms with van der Waals surface area (Å²) in [5.41, 5.74) is 1.62. The Morgan fingerprint density at radius 3 is 2.48 bits per heavy atom. The predicted octanol–water partition coefficient (Wildman–Crippen LogP) is 2.33. The largest absolute Gasteiger partial charge is 0.478 e. The van der Waals surface area contributed by atoms with E-state index in [1.54, 1.807) is 25.5 Å². The molecule has 0 fully saturated rings. The SMILES string of the molecule is CCn1nc(C)c(S(=O)(=O)Nc2cccc(C(=O)O)c2C)c1C. The highest BCUT2D eigenvalue weighted by atomic mass is 32.2. The summed E-state index contributed by atoms with van der Waals surface area (Å²) in [5.74, 6) is -1.10. The predicted molar refractivity (Wildman–Crippen MR) is 86.3 cm³/mol. The Kier molecular flexibility index (Phi) is 4.46. The lowest BCUT2D eigenvalue weighted by Crippen LogP contribution is -2.16. The second-order valence-electron chi connectivity index (χ2n) is 5.20. The van der Waals surface area contributed by atoms with Gasteiger partial charge in [0, 0.05) is 6.54 Å². The molecule has 7 nitrogen and oxygen atoms in total. The Morgan fingerprint density at radius 1 is 1.30 bits per heavy atom. The van der Waals surface area contributed by atoms with E-state index in [1.807, 2.05) is 6.92 Å². The molecule has 23 heavy (non-hydrogen) atoms. The molecule has 1 aromatic heterocycles. The maximum absolute atomic E-state index is 12.7. The van der Waals surface area contributed by atoms with E-state index in [4.69, 9.17) is 5.11 Å². The number of anilines is 1. The fourth-order valence-electron chi connectivity index (χ4n) is 2.55. The Bertz CT molecular complexity index is 869. The molecular formula is C15H19N3O4S. The van der Waals surface area contributed by atoms with Crippen molar-refractivity contribution >= 4 is 21.7 Å². The van der Waals surface area contributed by atoms with E-state index in [0.29, 0.717) is 23.5 Å². The van der Waals surface area contributed by atoms with Crippen molar-refractivity contribution in [2.45, 2.75) is 39.1 Å². The molecule has 2 N–H and O–H groups in total. The molecule has 0 atom stereocenters. The minimum Gasteiger partial charge on any atom is -0.478 e. The summed E-state index contributed by atoms with van der Waals surface area (Å²) in [7, 11) is -3.86. The summed E-state index contributed by atoms with van der Waals surface area (Å²) in [6.07, 6.45) is 0. The van der Waals surface area contributed by atoms with Crippen LogP contribution in [-0.2, 0) is 16.6 Å². The van der Waals surface area contributed by atoms with Gasteiger partial charge in [0.25, 0.3) is 10.0 Å². The van der Waals surface area contributed by atoms with E-state index in [9.17, 15) is 13.2 Å². The number of rotatable bonds is 5. The van der Waals surface area contributed by atoms with Gasteiger partial charge in [-0.05, 0) is 45.4 Å². The van der Waals surface area contributed by atoms with E-state index < -0.39 is 16.0 Å². The van der Waals surface area contributed by atoms with Crippen LogP contribution in [0, 0.1) is 20.8 Å². The van der Waals surface area contributed by atoms with Gasteiger partial charge in [-0.1, -0.05) is 6.07 Å². The number of carboxylic acids is 1. The van der Waals surface area contributed by atoms with E-state index >= 15 is 0 Å². The highest BCUT2D eigenvalue weighted by molar-refractivity contribution is 7.92. The first kappa shape index (κ1) is 17.0. The number of benzene rings is 1. The number of carboxylic acid groups (broad SMARTS) is 1. The Labute approximate surface area is 135 Å². The average molecular weight is 337 g/mol. The molecule has 0 unspecified atom stereocenters. The van der Waals surface area contributed by atoms with Crippen LogP contribution >= 0.6 is 0 Å². The molecule has 1 heterocycles. The molecule has 0 amide bonds. The van der Waals surface area contributed by atoms with E-state index in [-0.39, 0.29) is 16.1 Å². The Morgan fingerprint density at radius 2 is 1.96 bits per heavy atom. The molecule has 8 heteroatoms. The number of nitrogens with one attached hydrogen (secondary N) is 1. The smallest absolute Gasteiger partial charge is 0.336 e. The van der Waals surface area contributed by atoms with Crippen molar-refractivity contribution in [3.8, 4) is 0 Å². The maximum atomic E-state index is 12.7. The van der Waals surface area contributed by atoms with Gasteiger partial charge in [-0.25, -0.2) is 13.2 Å². The van der Waals surface area contributed by atoms with Gasteiger partial charge in [0.15, 0.2) is 0 Å². The number of carbonyl (C=O) groups is 1. The van der Waals surface area contributed by atoms with Crippen molar-refractivity contribution in [3.05, 3.63) is 40.7 Å². The zero-order valence-corrected chi connectivity index (χ0v) is 14.2. The number of nitrogens with zero attached hydrogens (tertiary/aromatic N) is 2. The first-order valence-corrected chi connectivity index (χ1v) is 8.57. The van der Waals surface area contributed by atoms with Crippen LogP contribution in [0.15, 0.2) is 23.1 Å². The molecule has 0 aliphatic rings. The van der Waals surface area contributed by atoms with Crippen molar-refractivity contribution in [1.29, 1.82) is 0 Å². The highest BCUT2D eigenvalue weighted by Gasteiger charge is 2.25. The van der Waals surface area contributed by atoms with Crippen LogP contribution in [0.3, 0.4) is 0 Å². The number of hydrogen-bond acceptors (Lipinski definition) is 4. The number of aromatic carboxylic acids is 1. The number of sulfonamides is 1. The van der Waals surface area contributed by atoms with Crippen molar-refractivity contribution in [2.75, 3.05) is 4.72 Å². The second kappa shape index (κ2) is 6.04. The molecule has 0 aliphatic heterocycles. The fourth-order valence-corrected chi connectivity index (χ4v) is 4.09. The summed E-state index contributed by atoms with van der Waals surface area (Å²) in [6, 6.07) is 4.47. The van der Waals surface area contributed by atoms with Gasteiger partial charge in [0.1, 0.15) is 4.90 Å². The van der Waals surface area contributed by atoms with Gasteiger partial charge in [0.05, 0.1) is 22.6 Å². The van der Waals surface area contributed by atoms with E-state index in [2.05, 4.69) is 9.82 Å². The van der Waals surface area contributed by atoms with Crippen LogP contribution in [-0.4, -0.2) is 29.3 Å². The van der Waals surface area contributed by atoms with E-state index in [0.717, 1.165) is 0 Å². The van der Waals surface area contributed by atoms with Crippen LogP contribution in [0.4, 0.5) is 5.69 Å². The third-order valence-electron chi connectivity index (χ3n) is 3.69. The fraction of sp³-hybridized carbons (Fsp3) is 0.333. The molecule has 0 bridgehead atoms. The van der Waals surface area contributed by atoms with E-state index in [1.165, 1.54) is 18.2 Å². The number of hydrogen-bond donors (Lipinski definition) is 2. The minimum atomic E-state index is -3.86. The maximum Gasteiger partial charge on any atom is 0.336 e. The molecule has 0 saturated heterocycles. The summed E-state index contributed by atoms with van der Waals surface area (Å²) < 4.78 is 29.5. The number of aryl methyl sites for hydroxylation is 2. The molecule has 2 aromatic rings. The second-order valence-corrected chi connectivity index (χ2v) is 6.82. The molecule has 1 aromatic carbocycles. The number of aromatic nitrogens is 2. The van der Waals surface area contributed by atoms with Gasteiger partial charge in [0.2, 0.25) is 0 Å². The summed E-state index contributed by atoms with van der Waals surface area (Å²) in [5, 5.41) is 13.3. The molecular weight excluding hydrogens is 318 g/mol. The third-order valence-corrected chi connectivity index (χ3v) is 5.31. The zero-order valence-electron chi connectivity index (χ0n) is 13.4. The normalized spacial score (nSPS) is 11.5. The Balaban J connectivity index is 2.50. The summed E-state index contributed by atoms with van der Waals surface area (Å²) in [4.78, 5) is 11.3. The first-order valence-electron chi connectivity index (χ1n) is 7.08. The van der Waals surface area contributed by atoms with Crippen LogP contribution in [0.5, 0.6) is 0 Å². The van der Waals surface area contributed by atoms with Gasteiger partial charge in [-0.15, -0.1) is 0 Å². The van der Waals surface area contributed by atoms with Gasteiger partial charge in [-0.2, -0.15) is 5.10 Å². The lowest BCUT2D eigenvalue weighted by molar-refractivity contribution is 0.0696. The molecule has 2 rings (SSSR count). The lowest BCUT2D eigenvalue weighted by atomic mass is 10.1. The van der Waals surface area contributed by atoms with Gasteiger partial charge >= 0.3 is 5.97 Å². The Hall–Kier alpha value is -2.35. The highest BCUT2D eigenvalue weighted by Crippen LogP contribution is 2.25. The standard InChI is InChI=1S/C15H19N3O4S/c1-5-18-11(4)14(10(3)16-18)23(21,22)17-13-8-6-7-12(9(13)2)15(19)20/h6-8,17H,5H2,1-4H3,(H,19,20). The van der Waals surface area contributed by atoms with Gasteiger partial charge < -0.3 is 5.11 Å². The average Bonchev–Trinajstić information content (AvgIpc) is 2.75. The van der Waals surface area contributed by atoms with Crippen molar-refractivity contribution in [3.63, 3.8) is 0 Å². The lowest BCUT2D eigenvalue weighted by Gasteiger charge is -2.12. The monoisotopic (exact) mass is 337 g/mol. The zero-order chi connectivity index (χ0) is 17.4. The molecule has 0 saturated carbocycles. The molecule has 0 spiro atoms. The van der Waals surface area contributed by atoms with Crippen molar-refractivity contribution < 1.29 is 18.3 Å². The van der Waals surface area contributed by atoms with Crippen LogP contribution in [0.2, 0.25) is 0 Å². The van der Waals surface area contributed by atoms with Crippen molar-refractivity contribution in [2.24, 2.45) is 0 Å². The quantitative estimate of drug-likeness (QED) is 0.872. The van der Waals surface area contributed by atoms with Crippen LogP contribution in [0.25, 0.3) is 0 Å². The molecule has 124 valence electrons.